The van der Waals surface area contributed by atoms with Crippen LogP contribution in [0.15, 0.2) is 18.2 Å². The molecule has 1 aromatic carbocycles. The molecule has 0 atom stereocenters. The molecule has 0 aliphatic rings. The minimum absolute atomic E-state index is 0.213. The summed E-state index contributed by atoms with van der Waals surface area (Å²) in [4.78, 5) is 0. The van der Waals surface area contributed by atoms with Crippen molar-refractivity contribution in [2.24, 2.45) is 0 Å². The van der Waals surface area contributed by atoms with Crippen molar-refractivity contribution < 1.29 is 12.8 Å². The van der Waals surface area contributed by atoms with Gasteiger partial charge in [0, 0.05) is 0 Å². The maximum atomic E-state index is 13.0. The van der Waals surface area contributed by atoms with Gasteiger partial charge >= 0.3 is 0 Å². The zero-order valence-electron chi connectivity index (χ0n) is 7.42. The average molecular weight is 282 g/mol. The average Bonchev–Trinajstić information content (AvgIpc) is 2.11. The second-order valence-electron chi connectivity index (χ2n) is 2.79. The summed E-state index contributed by atoms with van der Waals surface area (Å²) in [5.74, 6) is -0.431. The van der Waals surface area contributed by atoms with Crippen molar-refractivity contribution in [2.45, 2.75) is 6.92 Å². The molecule has 0 fully saturated rings. The van der Waals surface area contributed by atoms with Crippen LogP contribution in [0.3, 0.4) is 0 Å². The van der Waals surface area contributed by atoms with Gasteiger partial charge in [-0.3, -0.25) is 4.72 Å². The topological polar surface area (TPSA) is 46.2 Å². The third-order valence-corrected chi connectivity index (χ3v) is 4.23. The van der Waals surface area contributed by atoms with Crippen LogP contribution in [-0.2, 0) is 10.0 Å². The van der Waals surface area contributed by atoms with E-state index in [1.807, 2.05) is 0 Å². The summed E-state index contributed by atoms with van der Waals surface area (Å²) in [5.41, 5.74) is 0.708. The van der Waals surface area contributed by atoms with Gasteiger partial charge in [0.2, 0.25) is 10.0 Å². The predicted molar refractivity (Wildman–Crippen MR) is 57.5 cm³/mol. The number of benzene rings is 1. The van der Waals surface area contributed by atoms with Crippen molar-refractivity contribution in [3.05, 3.63) is 29.6 Å². The second-order valence-corrected chi connectivity index (χ2v) is 5.82. The summed E-state index contributed by atoms with van der Waals surface area (Å²) in [6.45, 7) is 1.61. The summed E-state index contributed by atoms with van der Waals surface area (Å²) in [6, 6.07) is 4.18. The highest BCUT2D eigenvalue weighted by Gasteiger charge is 2.08. The van der Waals surface area contributed by atoms with Crippen LogP contribution >= 0.6 is 15.9 Å². The quantitative estimate of drug-likeness (QED) is 0.864. The predicted octanol–water partition coefficient (Wildman–Crippen LogP) is 2.23. The summed E-state index contributed by atoms with van der Waals surface area (Å²) in [7, 11) is -3.40. The zero-order chi connectivity index (χ0) is 10.8. The molecule has 0 saturated heterocycles. The first kappa shape index (κ1) is 11.5. The molecule has 0 amide bonds. The first-order valence-electron chi connectivity index (χ1n) is 3.77. The van der Waals surface area contributed by atoms with Gasteiger partial charge in [-0.25, -0.2) is 12.8 Å². The molecule has 0 aliphatic carbocycles. The van der Waals surface area contributed by atoms with Crippen LogP contribution in [0.1, 0.15) is 5.56 Å². The van der Waals surface area contributed by atoms with Crippen LogP contribution in [0.2, 0.25) is 0 Å². The SMILES string of the molecule is Cc1ccc(NS(=O)(=O)CBr)cc1F. The van der Waals surface area contributed by atoms with Crippen molar-refractivity contribution in [2.75, 3.05) is 9.38 Å². The highest BCUT2D eigenvalue weighted by molar-refractivity contribution is 9.10. The Kier molecular flexibility index (Phi) is 3.49. The minimum atomic E-state index is -3.40. The van der Waals surface area contributed by atoms with Gasteiger partial charge in [-0.05, 0) is 24.6 Å². The fourth-order valence-corrected chi connectivity index (χ4v) is 1.75. The summed E-state index contributed by atoms with van der Waals surface area (Å²) < 4.78 is 37.2. The van der Waals surface area contributed by atoms with E-state index in [2.05, 4.69) is 20.7 Å². The van der Waals surface area contributed by atoms with Crippen molar-refractivity contribution in [1.29, 1.82) is 0 Å². The fraction of sp³-hybridized carbons (Fsp3) is 0.250. The first-order chi connectivity index (χ1) is 6.44. The van der Waals surface area contributed by atoms with Crippen molar-refractivity contribution in [3.63, 3.8) is 0 Å². The minimum Gasteiger partial charge on any atom is -0.283 e. The Balaban J connectivity index is 2.94. The van der Waals surface area contributed by atoms with E-state index in [4.69, 9.17) is 0 Å². The molecule has 6 heteroatoms. The second kappa shape index (κ2) is 4.27. The number of hydrogen-bond donors (Lipinski definition) is 1. The lowest BCUT2D eigenvalue weighted by molar-refractivity contribution is 0.605. The van der Waals surface area contributed by atoms with E-state index >= 15 is 0 Å². The van der Waals surface area contributed by atoms with E-state index in [9.17, 15) is 12.8 Å². The molecule has 0 bridgehead atoms. The highest BCUT2D eigenvalue weighted by Crippen LogP contribution is 2.15. The Labute approximate surface area is 90.5 Å². The molecule has 0 radical (unpaired) electrons. The van der Waals surface area contributed by atoms with Crippen LogP contribution in [0.25, 0.3) is 0 Å². The molecule has 0 saturated carbocycles. The number of sulfonamides is 1. The summed E-state index contributed by atoms with van der Waals surface area (Å²) >= 11 is 2.82. The van der Waals surface area contributed by atoms with E-state index in [-0.39, 0.29) is 10.3 Å². The molecule has 3 nitrogen and oxygen atoms in total. The van der Waals surface area contributed by atoms with Crippen molar-refractivity contribution >= 4 is 31.6 Å². The third-order valence-electron chi connectivity index (χ3n) is 1.59. The molecule has 0 aromatic heterocycles. The Morgan fingerprint density at radius 2 is 2.14 bits per heavy atom. The molecular weight excluding hydrogens is 273 g/mol. The standard InChI is InChI=1S/C8H9BrFNO2S/c1-6-2-3-7(4-8(6)10)11-14(12,13)5-9/h2-4,11H,5H2,1H3. The summed E-state index contributed by atoms with van der Waals surface area (Å²) in [6.07, 6.45) is 0. The lowest BCUT2D eigenvalue weighted by Crippen LogP contribution is -2.13. The van der Waals surface area contributed by atoms with Crippen molar-refractivity contribution in [3.8, 4) is 0 Å². The molecule has 1 aromatic rings. The fourth-order valence-electron chi connectivity index (χ4n) is 0.863. The van der Waals surface area contributed by atoms with Gasteiger partial charge in [-0.2, -0.15) is 0 Å². The molecular formula is C8H9BrFNO2S. The van der Waals surface area contributed by atoms with Crippen LogP contribution < -0.4 is 4.72 Å². The van der Waals surface area contributed by atoms with Gasteiger partial charge in [-0.15, -0.1) is 0 Å². The number of nitrogens with one attached hydrogen (secondary N) is 1. The first-order valence-corrected chi connectivity index (χ1v) is 6.54. The molecule has 1 rings (SSSR count). The molecule has 1 N–H and O–H groups in total. The van der Waals surface area contributed by atoms with Crippen LogP contribution in [0.4, 0.5) is 10.1 Å². The van der Waals surface area contributed by atoms with Gasteiger partial charge < -0.3 is 0 Å². The van der Waals surface area contributed by atoms with Crippen LogP contribution in [0, 0.1) is 12.7 Å². The lowest BCUT2D eigenvalue weighted by atomic mass is 10.2. The maximum absolute atomic E-state index is 13.0. The molecule has 14 heavy (non-hydrogen) atoms. The number of rotatable bonds is 3. The van der Waals surface area contributed by atoms with Crippen LogP contribution in [0.5, 0.6) is 0 Å². The van der Waals surface area contributed by atoms with Gasteiger partial charge in [0.15, 0.2) is 0 Å². The van der Waals surface area contributed by atoms with Crippen LogP contribution in [-0.4, -0.2) is 13.1 Å². The molecule has 0 heterocycles. The third kappa shape index (κ3) is 2.95. The van der Waals surface area contributed by atoms with Gasteiger partial charge in [0.1, 0.15) is 10.5 Å². The normalized spacial score (nSPS) is 11.4. The zero-order valence-corrected chi connectivity index (χ0v) is 9.82. The maximum Gasteiger partial charge on any atom is 0.242 e. The van der Waals surface area contributed by atoms with Gasteiger partial charge in [-0.1, -0.05) is 22.0 Å². The van der Waals surface area contributed by atoms with E-state index in [1.165, 1.54) is 12.1 Å². The Bertz CT molecular complexity index is 433. The molecule has 78 valence electrons. The smallest absolute Gasteiger partial charge is 0.242 e. The Hall–Kier alpha value is -0.620. The monoisotopic (exact) mass is 281 g/mol. The number of alkyl halides is 1. The lowest BCUT2D eigenvalue weighted by Gasteiger charge is -2.05. The van der Waals surface area contributed by atoms with Gasteiger partial charge in [0.25, 0.3) is 0 Å². The Morgan fingerprint density at radius 1 is 1.50 bits per heavy atom. The number of hydrogen-bond acceptors (Lipinski definition) is 2. The van der Waals surface area contributed by atoms with E-state index in [1.54, 1.807) is 6.92 Å². The Morgan fingerprint density at radius 3 is 2.64 bits per heavy atom. The number of anilines is 1. The molecule has 0 spiro atoms. The molecule has 0 unspecified atom stereocenters. The highest BCUT2D eigenvalue weighted by atomic mass is 79.9. The van der Waals surface area contributed by atoms with E-state index in [0.717, 1.165) is 6.07 Å². The largest absolute Gasteiger partial charge is 0.283 e. The summed E-state index contributed by atoms with van der Waals surface area (Å²) in [5, 5.41) is 0. The van der Waals surface area contributed by atoms with Gasteiger partial charge in [0.05, 0.1) is 5.69 Å². The van der Waals surface area contributed by atoms with E-state index in [0.29, 0.717) is 5.56 Å². The van der Waals surface area contributed by atoms with E-state index < -0.39 is 15.8 Å². The molecule has 0 aliphatic heterocycles. The number of aryl methyl sites for hydroxylation is 1. The number of halogens is 2. The van der Waals surface area contributed by atoms with Crippen molar-refractivity contribution in [1.82, 2.24) is 0 Å².